The fourth-order valence-corrected chi connectivity index (χ4v) is 2.86. The number of hydrogen-bond donors (Lipinski definition) is 1. The number of aromatic nitrogens is 6. The zero-order valence-corrected chi connectivity index (χ0v) is 15.3. The molecule has 4 aromatic heterocycles. The Bertz CT molecular complexity index is 1190. The van der Waals surface area contributed by atoms with Gasteiger partial charge in [-0.3, -0.25) is 4.98 Å². The van der Waals surface area contributed by atoms with Gasteiger partial charge < -0.3 is 14.5 Å². The highest BCUT2D eigenvalue weighted by atomic mass is 35.5. The standard InChI is InChI=1S/C18H12ClN7O2/c1-2-13-15(19)14-16(24-13)25-18(28-11-3-10(4-20)5-21-6-11)26-17(14)27-12-7-22-9-23-8-12/h3,5-9H,2H2,1H3,(H,24,25,26). The Labute approximate surface area is 164 Å². The maximum atomic E-state index is 9.01. The summed E-state index contributed by atoms with van der Waals surface area (Å²) in [5.74, 6) is 0.901. The molecule has 10 heteroatoms. The maximum Gasteiger partial charge on any atom is 0.327 e. The molecule has 0 unspecified atom stereocenters. The van der Waals surface area contributed by atoms with Gasteiger partial charge in [0.05, 0.1) is 29.2 Å². The van der Waals surface area contributed by atoms with Gasteiger partial charge in [0.25, 0.3) is 0 Å². The van der Waals surface area contributed by atoms with E-state index in [-0.39, 0.29) is 11.9 Å². The Morgan fingerprint density at radius 3 is 2.61 bits per heavy atom. The summed E-state index contributed by atoms with van der Waals surface area (Å²) in [6.45, 7) is 1.96. The van der Waals surface area contributed by atoms with E-state index in [0.29, 0.717) is 39.5 Å². The number of ether oxygens (including phenoxy) is 2. The Morgan fingerprint density at radius 2 is 1.86 bits per heavy atom. The van der Waals surface area contributed by atoms with Crippen molar-refractivity contribution in [2.75, 3.05) is 0 Å². The second kappa shape index (κ2) is 7.46. The van der Waals surface area contributed by atoms with Crippen LogP contribution in [0.15, 0.2) is 37.2 Å². The minimum atomic E-state index is 0.0109. The molecule has 0 bridgehead atoms. The molecular formula is C18H12ClN7O2. The zero-order valence-electron chi connectivity index (χ0n) is 14.5. The van der Waals surface area contributed by atoms with Crippen LogP contribution in [0.25, 0.3) is 11.0 Å². The highest BCUT2D eigenvalue weighted by Gasteiger charge is 2.19. The van der Waals surface area contributed by atoms with E-state index in [0.717, 1.165) is 5.69 Å². The van der Waals surface area contributed by atoms with Gasteiger partial charge in [-0.1, -0.05) is 18.5 Å². The number of hydrogen-bond acceptors (Lipinski definition) is 8. The predicted octanol–water partition coefficient (Wildman–Crippen LogP) is 3.81. The van der Waals surface area contributed by atoms with Gasteiger partial charge in [0.15, 0.2) is 11.5 Å². The van der Waals surface area contributed by atoms with Crippen molar-refractivity contribution in [3.8, 4) is 29.5 Å². The zero-order chi connectivity index (χ0) is 19.5. The normalized spacial score (nSPS) is 10.6. The van der Waals surface area contributed by atoms with Gasteiger partial charge in [-0.2, -0.15) is 15.2 Å². The highest BCUT2D eigenvalue weighted by Crippen LogP contribution is 2.36. The first kappa shape index (κ1) is 17.6. The molecule has 0 saturated heterocycles. The number of halogens is 1. The second-order valence-electron chi connectivity index (χ2n) is 5.61. The van der Waals surface area contributed by atoms with E-state index in [1.165, 1.54) is 37.2 Å². The monoisotopic (exact) mass is 393 g/mol. The van der Waals surface area contributed by atoms with E-state index >= 15 is 0 Å². The average Bonchev–Trinajstić information content (AvgIpc) is 3.04. The van der Waals surface area contributed by atoms with E-state index in [9.17, 15) is 0 Å². The summed E-state index contributed by atoms with van der Waals surface area (Å²) in [4.78, 5) is 23.6. The van der Waals surface area contributed by atoms with Crippen LogP contribution < -0.4 is 9.47 Å². The van der Waals surface area contributed by atoms with Gasteiger partial charge in [0.2, 0.25) is 5.88 Å². The Balaban J connectivity index is 1.80. The van der Waals surface area contributed by atoms with E-state index in [4.69, 9.17) is 26.3 Å². The molecule has 0 aliphatic heterocycles. The van der Waals surface area contributed by atoms with Gasteiger partial charge in [0, 0.05) is 18.0 Å². The fourth-order valence-electron chi connectivity index (χ4n) is 2.51. The van der Waals surface area contributed by atoms with Crippen LogP contribution in [0.3, 0.4) is 0 Å². The van der Waals surface area contributed by atoms with Gasteiger partial charge in [-0.05, 0) is 6.42 Å². The topological polar surface area (TPSA) is 122 Å². The molecule has 4 heterocycles. The molecule has 9 nitrogen and oxygen atoms in total. The molecule has 138 valence electrons. The summed E-state index contributed by atoms with van der Waals surface area (Å²) < 4.78 is 11.5. The van der Waals surface area contributed by atoms with Crippen molar-refractivity contribution in [2.24, 2.45) is 0 Å². The number of fused-ring (bicyclic) bond motifs is 1. The lowest BCUT2D eigenvalue weighted by Crippen LogP contribution is -1.97. The van der Waals surface area contributed by atoms with Crippen LogP contribution in [0.4, 0.5) is 0 Å². The minimum Gasteiger partial charge on any atom is -0.435 e. The molecular weight excluding hydrogens is 382 g/mol. The van der Waals surface area contributed by atoms with Crippen LogP contribution in [0.2, 0.25) is 5.02 Å². The Hall–Kier alpha value is -3.77. The first-order chi connectivity index (χ1) is 13.7. The number of nitrogens with one attached hydrogen (secondary N) is 1. The van der Waals surface area contributed by atoms with Crippen molar-refractivity contribution in [2.45, 2.75) is 13.3 Å². The number of H-pyrrole nitrogens is 1. The van der Waals surface area contributed by atoms with E-state index in [1.807, 2.05) is 13.0 Å². The van der Waals surface area contributed by atoms with Crippen molar-refractivity contribution < 1.29 is 9.47 Å². The fraction of sp³-hybridized carbons (Fsp3) is 0.111. The summed E-state index contributed by atoms with van der Waals surface area (Å²) in [7, 11) is 0. The third-order valence-electron chi connectivity index (χ3n) is 3.77. The van der Waals surface area contributed by atoms with E-state index < -0.39 is 0 Å². The number of nitrogens with zero attached hydrogens (tertiary/aromatic N) is 6. The number of nitriles is 1. The van der Waals surface area contributed by atoms with Gasteiger partial charge in [-0.25, -0.2) is 9.97 Å². The molecule has 0 spiro atoms. The highest BCUT2D eigenvalue weighted by molar-refractivity contribution is 6.36. The lowest BCUT2D eigenvalue weighted by atomic mass is 10.3. The lowest BCUT2D eigenvalue weighted by molar-refractivity contribution is 0.414. The van der Waals surface area contributed by atoms with E-state index in [1.54, 1.807) is 0 Å². The van der Waals surface area contributed by atoms with Crippen molar-refractivity contribution in [1.29, 1.82) is 5.26 Å². The number of aromatic amines is 1. The Kier molecular flexibility index (Phi) is 4.70. The third kappa shape index (κ3) is 3.41. The van der Waals surface area contributed by atoms with Gasteiger partial charge >= 0.3 is 6.01 Å². The smallest absolute Gasteiger partial charge is 0.327 e. The summed E-state index contributed by atoms with van der Waals surface area (Å²) in [5.41, 5.74) is 1.61. The van der Waals surface area contributed by atoms with Crippen LogP contribution in [0.5, 0.6) is 23.4 Å². The van der Waals surface area contributed by atoms with Crippen LogP contribution in [-0.2, 0) is 6.42 Å². The number of aryl methyl sites for hydroxylation is 1. The first-order valence-corrected chi connectivity index (χ1v) is 8.59. The molecule has 0 aromatic carbocycles. The molecule has 0 radical (unpaired) electrons. The van der Waals surface area contributed by atoms with Crippen LogP contribution in [-0.4, -0.2) is 29.9 Å². The molecule has 0 saturated carbocycles. The average molecular weight is 394 g/mol. The van der Waals surface area contributed by atoms with Crippen molar-refractivity contribution >= 4 is 22.6 Å². The van der Waals surface area contributed by atoms with E-state index in [2.05, 4.69) is 29.9 Å². The van der Waals surface area contributed by atoms with Gasteiger partial charge in [-0.15, -0.1) is 0 Å². The molecule has 0 aliphatic rings. The second-order valence-corrected chi connectivity index (χ2v) is 5.98. The molecule has 0 aliphatic carbocycles. The number of rotatable bonds is 5. The van der Waals surface area contributed by atoms with Crippen LogP contribution in [0, 0.1) is 11.3 Å². The first-order valence-electron chi connectivity index (χ1n) is 8.22. The minimum absolute atomic E-state index is 0.0109. The SMILES string of the molecule is CCc1[nH]c2nc(Oc3cncc(C#N)c3)nc(Oc3cncnc3)c2c1Cl. The van der Waals surface area contributed by atoms with Crippen LogP contribution in [0.1, 0.15) is 18.2 Å². The summed E-state index contributed by atoms with van der Waals surface area (Å²) >= 11 is 6.47. The number of pyridine rings is 1. The molecule has 0 atom stereocenters. The quantitative estimate of drug-likeness (QED) is 0.542. The summed E-state index contributed by atoms with van der Waals surface area (Å²) in [6, 6.07) is 3.54. The summed E-state index contributed by atoms with van der Waals surface area (Å²) in [6.07, 6.45) is 7.96. The summed E-state index contributed by atoms with van der Waals surface area (Å²) in [5, 5.41) is 10.0. The molecule has 0 amide bonds. The van der Waals surface area contributed by atoms with Crippen molar-refractivity contribution in [3.63, 3.8) is 0 Å². The van der Waals surface area contributed by atoms with Crippen LogP contribution >= 0.6 is 11.6 Å². The molecule has 28 heavy (non-hydrogen) atoms. The van der Waals surface area contributed by atoms with Crippen molar-refractivity contribution in [3.05, 3.63) is 53.5 Å². The molecule has 1 N–H and O–H groups in total. The predicted molar refractivity (Wildman–Crippen MR) is 99.4 cm³/mol. The third-order valence-corrected chi connectivity index (χ3v) is 4.18. The molecule has 0 fully saturated rings. The molecule has 4 aromatic rings. The van der Waals surface area contributed by atoms with Crippen molar-refractivity contribution in [1.82, 2.24) is 29.9 Å². The lowest BCUT2D eigenvalue weighted by Gasteiger charge is -2.08. The maximum absolute atomic E-state index is 9.01. The van der Waals surface area contributed by atoms with Gasteiger partial charge in [0.1, 0.15) is 23.4 Å². The Morgan fingerprint density at radius 1 is 1.07 bits per heavy atom. The molecule has 4 rings (SSSR count). The largest absolute Gasteiger partial charge is 0.435 e.